The topological polar surface area (TPSA) is 20.2 Å². The van der Waals surface area contributed by atoms with E-state index in [0.29, 0.717) is 12.0 Å². The van der Waals surface area contributed by atoms with Gasteiger partial charge in [0.05, 0.1) is 6.10 Å². The van der Waals surface area contributed by atoms with Crippen LogP contribution in [-0.4, -0.2) is 5.11 Å². The summed E-state index contributed by atoms with van der Waals surface area (Å²) in [5.41, 5.74) is 0.337. The summed E-state index contributed by atoms with van der Waals surface area (Å²) in [4.78, 5) is 0. The normalized spacial score (nSPS) is 12.6. The molecular weight excluding hydrogens is 246 g/mol. The van der Waals surface area contributed by atoms with Gasteiger partial charge in [0, 0.05) is 6.07 Å². The van der Waals surface area contributed by atoms with Crippen LogP contribution in [0.4, 0.5) is 8.78 Å². The van der Waals surface area contributed by atoms with E-state index in [1.165, 1.54) is 44.2 Å². The highest BCUT2D eigenvalue weighted by Gasteiger charge is 2.10. The Morgan fingerprint density at radius 2 is 1.42 bits per heavy atom. The average Bonchev–Trinajstić information content (AvgIpc) is 2.36. The minimum absolute atomic E-state index is 0.337. The maximum Gasteiger partial charge on any atom is 0.126 e. The first kappa shape index (κ1) is 16.1. The third-order valence-electron chi connectivity index (χ3n) is 3.35. The van der Waals surface area contributed by atoms with E-state index in [1.54, 1.807) is 0 Å². The molecule has 0 amide bonds. The van der Waals surface area contributed by atoms with Gasteiger partial charge >= 0.3 is 0 Å². The largest absolute Gasteiger partial charge is 0.388 e. The molecule has 3 heteroatoms. The van der Waals surface area contributed by atoms with Gasteiger partial charge in [0.15, 0.2) is 0 Å². The lowest BCUT2D eigenvalue weighted by Crippen LogP contribution is -1.99. The summed E-state index contributed by atoms with van der Waals surface area (Å²) < 4.78 is 26.0. The van der Waals surface area contributed by atoms with Gasteiger partial charge < -0.3 is 5.11 Å². The summed E-state index contributed by atoms with van der Waals surface area (Å²) in [6, 6.07) is 3.23. The first-order chi connectivity index (χ1) is 9.13. The first-order valence-electron chi connectivity index (χ1n) is 7.27. The van der Waals surface area contributed by atoms with Gasteiger partial charge in [0.25, 0.3) is 0 Å². The molecule has 108 valence electrons. The Balaban J connectivity index is 2.22. The fraction of sp³-hybridized carbons (Fsp3) is 0.625. The van der Waals surface area contributed by atoms with Gasteiger partial charge in [-0.05, 0) is 24.1 Å². The Kier molecular flexibility index (Phi) is 7.65. The molecule has 0 aliphatic rings. The molecule has 19 heavy (non-hydrogen) atoms. The van der Waals surface area contributed by atoms with E-state index < -0.39 is 17.7 Å². The quantitative estimate of drug-likeness (QED) is 0.616. The zero-order valence-electron chi connectivity index (χ0n) is 11.7. The van der Waals surface area contributed by atoms with E-state index in [2.05, 4.69) is 6.92 Å². The summed E-state index contributed by atoms with van der Waals surface area (Å²) in [6.45, 7) is 2.19. The lowest BCUT2D eigenvalue weighted by Gasteiger charge is -2.11. The highest BCUT2D eigenvalue weighted by molar-refractivity contribution is 5.20. The third kappa shape index (κ3) is 6.67. The molecule has 0 fully saturated rings. The van der Waals surface area contributed by atoms with Crippen LogP contribution in [0.25, 0.3) is 0 Å². The number of rotatable bonds is 9. The van der Waals surface area contributed by atoms with E-state index in [0.717, 1.165) is 18.9 Å². The SMILES string of the molecule is CCCCCCCCCC(O)c1cc(F)cc(F)c1. The molecular formula is C16H24F2O. The van der Waals surface area contributed by atoms with Gasteiger partial charge in [-0.25, -0.2) is 8.78 Å². The van der Waals surface area contributed by atoms with Crippen molar-refractivity contribution in [3.05, 3.63) is 35.4 Å². The number of aliphatic hydroxyl groups excluding tert-OH is 1. The van der Waals surface area contributed by atoms with Crippen LogP contribution in [-0.2, 0) is 0 Å². The van der Waals surface area contributed by atoms with Gasteiger partial charge in [-0.3, -0.25) is 0 Å². The summed E-state index contributed by atoms with van der Waals surface area (Å²) in [5, 5.41) is 9.88. The molecule has 1 unspecified atom stereocenters. The van der Waals surface area contributed by atoms with Crippen molar-refractivity contribution in [2.24, 2.45) is 0 Å². The monoisotopic (exact) mass is 270 g/mol. The zero-order chi connectivity index (χ0) is 14.1. The van der Waals surface area contributed by atoms with Crippen LogP contribution in [0, 0.1) is 11.6 Å². The Hall–Kier alpha value is -0.960. The van der Waals surface area contributed by atoms with Crippen LogP contribution in [0.3, 0.4) is 0 Å². The summed E-state index contributed by atoms with van der Waals surface area (Å²) >= 11 is 0. The second-order valence-electron chi connectivity index (χ2n) is 5.13. The van der Waals surface area contributed by atoms with Crippen LogP contribution < -0.4 is 0 Å². The minimum Gasteiger partial charge on any atom is -0.388 e. The van der Waals surface area contributed by atoms with Gasteiger partial charge in [0.1, 0.15) is 11.6 Å². The summed E-state index contributed by atoms with van der Waals surface area (Å²) in [6.07, 6.45) is 7.97. The number of unbranched alkanes of at least 4 members (excludes halogenated alkanes) is 6. The van der Waals surface area contributed by atoms with E-state index in [4.69, 9.17) is 0 Å². The average molecular weight is 270 g/mol. The van der Waals surface area contributed by atoms with Crippen molar-refractivity contribution in [3.63, 3.8) is 0 Å². The number of hydrogen-bond acceptors (Lipinski definition) is 1. The molecule has 0 aromatic heterocycles. The van der Waals surface area contributed by atoms with Crippen molar-refractivity contribution in [2.75, 3.05) is 0 Å². The minimum atomic E-state index is -0.763. The fourth-order valence-corrected chi connectivity index (χ4v) is 2.23. The van der Waals surface area contributed by atoms with Crippen LogP contribution in [0.5, 0.6) is 0 Å². The van der Waals surface area contributed by atoms with Crippen molar-refractivity contribution in [1.82, 2.24) is 0 Å². The molecule has 0 radical (unpaired) electrons. The highest BCUT2D eigenvalue weighted by Crippen LogP contribution is 2.22. The molecule has 1 nitrogen and oxygen atoms in total. The van der Waals surface area contributed by atoms with Crippen molar-refractivity contribution in [3.8, 4) is 0 Å². The van der Waals surface area contributed by atoms with Gasteiger partial charge in [-0.15, -0.1) is 0 Å². The summed E-state index contributed by atoms with van der Waals surface area (Å²) in [7, 11) is 0. The van der Waals surface area contributed by atoms with E-state index in [9.17, 15) is 13.9 Å². The van der Waals surface area contributed by atoms with Gasteiger partial charge in [-0.2, -0.15) is 0 Å². The molecule has 0 aliphatic heterocycles. The molecule has 0 saturated carbocycles. The molecule has 1 atom stereocenters. The standard InChI is InChI=1S/C16H24F2O/c1-2-3-4-5-6-7-8-9-16(19)13-10-14(17)12-15(18)11-13/h10-12,16,19H,2-9H2,1H3. The Bertz CT molecular complexity index is 346. The Labute approximate surface area is 114 Å². The predicted octanol–water partition coefficient (Wildman–Crippen LogP) is 5.14. The van der Waals surface area contributed by atoms with E-state index >= 15 is 0 Å². The number of aliphatic hydroxyl groups is 1. The Morgan fingerprint density at radius 1 is 0.895 bits per heavy atom. The van der Waals surface area contributed by atoms with Crippen molar-refractivity contribution in [2.45, 2.75) is 64.4 Å². The molecule has 0 bridgehead atoms. The zero-order valence-corrected chi connectivity index (χ0v) is 11.7. The van der Waals surface area contributed by atoms with Crippen molar-refractivity contribution >= 4 is 0 Å². The second-order valence-corrected chi connectivity index (χ2v) is 5.13. The van der Waals surface area contributed by atoms with Crippen molar-refractivity contribution in [1.29, 1.82) is 0 Å². The molecule has 1 aromatic rings. The van der Waals surface area contributed by atoms with Gasteiger partial charge in [0.2, 0.25) is 0 Å². The first-order valence-corrected chi connectivity index (χ1v) is 7.27. The maximum absolute atomic E-state index is 13.0. The number of hydrogen-bond donors (Lipinski definition) is 1. The fourth-order valence-electron chi connectivity index (χ4n) is 2.23. The van der Waals surface area contributed by atoms with Crippen LogP contribution in [0.2, 0.25) is 0 Å². The highest BCUT2D eigenvalue weighted by atomic mass is 19.1. The van der Waals surface area contributed by atoms with Crippen LogP contribution in [0.15, 0.2) is 18.2 Å². The number of benzene rings is 1. The lowest BCUT2D eigenvalue weighted by molar-refractivity contribution is 0.162. The van der Waals surface area contributed by atoms with Crippen LogP contribution >= 0.6 is 0 Å². The molecule has 1 rings (SSSR count). The van der Waals surface area contributed by atoms with E-state index in [-0.39, 0.29) is 0 Å². The predicted molar refractivity (Wildman–Crippen MR) is 73.9 cm³/mol. The van der Waals surface area contributed by atoms with E-state index in [1.807, 2.05) is 0 Å². The Morgan fingerprint density at radius 3 is 2.00 bits per heavy atom. The maximum atomic E-state index is 13.0. The summed E-state index contributed by atoms with van der Waals surface area (Å²) in [5.74, 6) is -1.26. The number of halogens is 2. The smallest absolute Gasteiger partial charge is 0.126 e. The second kappa shape index (κ2) is 9.03. The third-order valence-corrected chi connectivity index (χ3v) is 3.35. The van der Waals surface area contributed by atoms with Crippen molar-refractivity contribution < 1.29 is 13.9 Å². The lowest BCUT2D eigenvalue weighted by atomic mass is 10.0. The van der Waals surface area contributed by atoms with Gasteiger partial charge in [-0.1, -0.05) is 51.9 Å². The molecule has 1 aromatic carbocycles. The molecule has 0 saturated heterocycles. The van der Waals surface area contributed by atoms with Crippen LogP contribution in [0.1, 0.15) is 70.0 Å². The molecule has 1 N–H and O–H groups in total. The molecule has 0 spiro atoms. The molecule has 0 aliphatic carbocycles. The molecule has 0 heterocycles.